The van der Waals surface area contributed by atoms with Crippen LogP contribution in [0.4, 0.5) is 34.1 Å². The summed E-state index contributed by atoms with van der Waals surface area (Å²) >= 11 is 0. The fourth-order valence-electron chi connectivity index (χ4n) is 6.23. The molecule has 5 aromatic carbocycles. The van der Waals surface area contributed by atoms with Crippen molar-refractivity contribution in [2.24, 2.45) is 0 Å². The number of hydrogen-bond acceptors (Lipinski definition) is 2. The van der Waals surface area contributed by atoms with Crippen LogP contribution < -0.4 is 9.80 Å². The molecule has 0 saturated heterocycles. The summed E-state index contributed by atoms with van der Waals surface area (Å²) in [6.45, 7) is 13.6. The Kier molecular flexibility index (Phi) is 12.0. The van der Waals surface area contributed by atoms with Crippen LogP contribution in [0.2, 0.25) is 0 Å². The van der Waals surface area contributed by atoms with E-state index in [0.29, 0.717) is 11.8 Å². The van der Waals surface area contributed by atoms with Gasteiger partial charge in [0.25, 0.3) is 0 Å². The maximum Gasteiger partial charge on any atom is 0.0463 e. The van der Waals surface area contributed by atoms with E-state index in [1.165, 1.54) is 70.7 Å². The first-order chi connectivity index (χ1) is 22.9. The quantitative estimate of drug-likeness (QED) is 0.115. The second-order valence-corrected chi connectivity index (χ2v) is 13.4. The Morgan fingerprint density at radius 2 is 0.702 bits per heavy atom. The summed E-state index contributed by atoms with van der Waals surface area (Å²) < 4.78 is 0. The lowest BCUT2D eigenvalue weighted by atomic mass is 9.98. The highest BCUT2D eigenvalue weighted by Crippen LogP contribution is 2.40. The molecule has 2 heteroatoms. The number of rotatable bonds is 15. The molecule has 0 aromatic heterocycles. The standard InChI is InChI=1S/C45H54N2/c1-7-10-12-36-14-22-40(23-15-36)46(42-26-18-38(19-27-42)34(4)5)44-30-32-45(33-31-44)47(41-24-16-37(17-25-41)13-11-8-2)43-28-20-39(21-29-43)35(6)9-3/h14-35H,7-13H2,1-6H3. The minimum absolute atomic E-state index is 0.501. The van der Waals surface area contributed by atoms with E-state index in [1.54, 1.807) is 0 Å². The van der Waals surface area contributed by atoms with Crippen LogP contribution >= 0.6 is 0 Å². The van der Waals surface area contributed by atoms with Gasteiger partial charge in [0.1, 0.15) is 0 Å². The molecule has 0 amide bonds. The monoisotopic (exact) mass is 622 g/mol. The molecule has 0 aliphatic carbocycles. The zero-order valence-electron chi connectivity index (χ0n) is 29.5. The van der Waals surface area contributed by atoms with Gasteiger partial charge in [-0.05, 0) is 139 Å². The topological polar surface area (TPSA) is 6.48 Å². The van der Waals surface area contributed by atoms with Crippen LogP contribution in [0.15, 0.2) is 121 Å². The van der Waals surface area contributed by atoms with Crippen molar-refractivity contribution in [3.8, 4) is 0 Å². The Morgan fingerprint density at radius 1 is 0.404 bits per heavy atom. The van der Waals surface area contributed by atoms with E-state index in [0.717, 1.165) is 30.6 Å². The number of nitrogens with zero attached hydrogens (tertiary/aromatic N) is 2. The van der Waals surface area contributed by atoms with Gasteiger partial charge in [-0.25, -0.2) is 0 Å². The van der Waals surface area contributed by atoms with Crippen LogP contribution in [-0.4, -0.2) is 0 Å². The summed E-state index contributed by atoms with van der Waals surface area (Å²) in [5, 5.41) is 0. The van der Waals surface area contributed by atoms with Crippen LogP contribution in [0.25, 0.3) is 0 Å². The fourth-order valence-corrected chi connectivity index (χ4v) is 6.23. The molecule has 0 saturated carbocycles. The largest absolute Gasteiger partial charge is 0.311 e. The SMILES string of the molecule is CCCCc1ccc(N(c2ccc(C(C)C)cc2)c2ccc(N(c3ccc(CCCC)cc3)c3ccc(C(C)CC)cc3)cc2)cc1. The van der Waals surface area contributed by atoms with Gasteiger partial charge in [0, 0.05) is 34.1 Å². The lowest BCUT2D eigenvalue weighted by molar-refractivity contribution is 0.733. The molecule has 0 radical (unpaired) electrons. The summed E-state index contributed by atoms with van der Waals surface area (Å²) in [5.41, 5.74) is 12.5. The molecule has 1 unspecified atom stereocenters. The molecule has 244 valence electrons. The first kappa shape index (κ1) is 34.0. The van der Waals surface area contributed by atoms with Crippen molar-refractivity contribution in [1.82, 2.24) is 0 Å². The number of hydrogen-bond donors (Lipinski definition) is 0. The Bertz CT molecular complexity index is 1630. The highest BCUT2D eigenvalue weighted by atomic mass is 15.2. The molecule has 1 atom stereocenters. The number of aryl methyl sites for hydroxylation is 2. The maximum atomic E-state index is 2.39. The first-order valence-electron chi connectivity index (χ1n) is 18.0. The average Bonchev–Trinajstić information content (AvgIpc) is 3.12. The van der Waals surface area contributed by atoms with Gasteiger partial charge in [0.05, 0.1) is 0 Å². The van der Waals surface area contributed by atoms with Gasteiger partial charge in [-0.3, -0.25) is 0 Å². The number of unbranched alkanes of at least 4 members (excludes halogenated alkanes) is 2. The first-order valence-corrected chi connectivity index (χ1v) is 18.0. The highest BCUT2D eigenvalue weighted by molar-refractivity contribution is 5.81. The van der Waals surface area contributed by atoms with E-state index in [2.05, 4.69) is 173 Å². The van der Waals surface area contributed by atoms with E-state index in [1.807, 2.05) is 0 Å². The predicted octanol–water partition coefficient (Wildman–Crippen LogP) is 13.9. The van der Waals surface area contributed by atoms with Crippen LogP contribution in [0.5, 0.6) is 0 Å². The number of benzene rings is 5. The van der Waals surface area contributed by atoms with Crippen molar-refractivity contribution in [2.45, 2.75) is 98.3 Å². The molecule has 2 nitrogen and oxygen atoms in total. The molecule has 0 aliphatic rings. The van der Waals surface area contributed by atoms with Crippen molar-refractivity contribution in [1.29, 1.82) is 0 Å². The lowest BCUT2D eigenvalue weighted by Gasteiger charge is -2.29. The van der Waals surface area contributed by atoms with Crippen molar-refractivity contribution in [3.05, 3.63) is 144 Å². The highest BCUT2D eigenvalue weighted by Gasteiger charge is 2.17. The zero-order chi connectivity index (χ0) is 33.2. The van der Waals surface area contributed by atoms with E-state index >= 15 is 0 Å². The Labute approximate surface area is 285 Å². The second-order valence-electron chi connectivity index (χ2n) is 13.4. The molecular weight excluding hydrogens is 569 g/mol. The van der Waals surface area contributed by atoms with E-state index in [-0.39, 0.29) is 0 Å². The van der Waals surface area contributed by atoms with E-state index < -0.39 is 0 Å². The van der Waals surface area contributed by atoms with Crippen molar-refractivity contribution < 1.29 is 0 Å². The zero-order valence-corrected chi connectivity index (χ0v) is 29.5. The third-order valence-electron chi connectivity index (χ3n) is 9.54. The Balaban J connectivity index is 1.53. The van der Waals surface area contributed by atoms with Crippen molar-refractivity contribution >= 4 is 34.1 Å². The summed E-state index contributed by atoms with van der Waals surface area (Å²) in [6, 6.07) is 45.6. The molecular formula is C45H54N2. The molecule has 0 bridgehead atoms. The summed E-state index contributed by atoms with van der Waals surface area (Å²) in [5.74, 6) is 1.05. The van der Waals surface area contributed by atoms with Crippen LogP contribution in [0.1, 0.15) is 108 Å². The molecule has 0 spiro atoms. The fraction of sp³-hybridized carbons (Fsp3) is 0.333. The van der Waals surface area contributed by atoms with Gasteiger partial charge in [-0.2, -0.15) is 0 Å². The molecule has 5 rings (SSSR count). The minimum atomic E-state index is 0.501. The van der Waals surface area contributed by atoms with E-state index in [9.17, 15) is 0 Å². The van der Waals surface area contributed by atoms with Gasteiger partial charge in [0.15, 0.2) is 0 Å². The maximum absolute atomic E-state index is 2.39. The van der Waals surface area contributed by atoms with Crippen LogP contribution in [-0.2, 0) is 12.8 Å². The molecule has 47 heavy (non-hydrogen) atoms. The summed E-state index contributed by atoms with van der Waals surface area (Å²) in [4.78, 5) is 4.77. The van der Waals surface area contributed by atoms with Crippen LogP contribution in [0, 0.1) is 0 Å². The molecule has 0 fully saturated rings. The van der Waals surface area contributed by atoms with E-state index in [4.69, 9.17) is 0 Å². The van der Waals surface area contributed by atoms with Gasteiger partial charge in [0.2, 0.25) is 0 Å². The summed E-state index contributed by atoms with van der Waals surface area (Å²) in [6.07, 6.45) is 8.27. The van der Waals surface area contributed by atoms with Gasteiger partial charge in [-0.15, -0.1) is 0 Å². The molecule has 5 aromatic rings. The minimum Gasteiger partial charge on any atom is -0.311 e. The summed E-state index contributed by atoms with van der Waals surface area (Å²) in [7, 11) is 0. The molecule has 0 heterocycles. The third kappa shape index (κ3) is 8.55. The van der Waals surface area contributed by atoms with Gasteiger partial charge >= 0.3 is 0 Å². The van der Waals surface area contributed by atoms with Crippen molar-refractivity contribution in [2.75, 3.05) is 9.80 Å². The average molecular weight is 623 g/mol. The number of anilines is 6. The van der Waals surface area contributed by atoms with Crippen LogP contribution in [0.3, 0.4) is 0 Å². The second kappa shape index (κ2) is 16.5. The van der Waals surface area contributed by atoms with Gasteiger partial charge < -0.3 is 9.80 Å². The lowest BCUT2D eigenvalue weighted by Crippen LogP contribution is -2.12. The molecule has 0 aliphatic heterocycles. The Hall–Kier alpha value is -4.30. The normalized spacial score (nSPS) is 11.9. The smallest absolute Gasteiger partial charge is 0.0463 e. The van der Waals surface area contributed by atoms with Crippen molar-refractivity contribution in [3.63, 3.8) is 0 Å². The third-order valence-corrected chi connectivity index (χ3v) is 9.54. The Morgan fingerprint density at radius 3 is 1.00 bits per heavy atom. The van der Waals surface area contributed by atoms with Gasteiger partial charge in [-0.1, -0.05) is 103 Å². The predicted molar refractivity (Wildman–Crippen MR) is 206 cm³/mol. The molecule has 0 N–H and O–H groups in total.